The van der Waals surface area contributed by atoms with E-state index in [-0.39, 0.29) is 12.8 Å². The maximum absolute atomic E-state index is 12.6. The first-order valence-electron chi connectivity index (χ1n) is 9.21. The first-order valence-corrected chi connectivity index (χ1v) is 10.6. The summed E-state index contributed by atoms with van der Waals surface area (Å²) in [5.74, 6) is -6.31. The number of amides is 3. The van der Waals surface area contributed by atoms with Gasteiger partial charge in [-0.05, 0) is 31.8 Å². The fourth-order valence-corrected chi connectivity index (χ4v) is 2.74. The van der Waals surface area contributed by atoms with Gasteiger partial charge in [-0.1, -0.05) is 0 Å². The molecule has 0 aromatic heterocycles. The van der Waals surface area contributed by atoms with E-state index in [9.17, 15) is 28.8 Å². The molecule has 0 radical (unpaired) electrons. The van der Waals surface area contributed by atoms with Crippen LogP contribution < -0.4 is 21.7 Å². The maximum atomic E-state index is 12.6. The summed E-state index contributed by atoms with van der Waals surface area (Å²) in [6, 6.07) is -5.22. The third-order valence-electron chi connectivity index (χ3n) is 3.93. The number of nitrogens with two attached hydrogens (primary N) is 1. The Kier molecular flexibility index (Phi) is 12.9. The van der Waals surface area contributed by atoms with E-state index in [4.69, 9.17) is 21.1 Å². The lowest BCUT2D eigenvalue weighted by Gasteiger charge is -2.24. The minimum absolute atomic E-state index is 0.0744. The molecule has 0 aliphatic rings. The molecule has 8 N–H and O–H groups in total. The molecule has 0 aliphatic carbocycles. The zero-order chi connectivity index (χ0) is 24.1. The van der Waals surface area contributed by atoms with E-state index in [0.717, 1.165) is 0 Å². The van der Waals surface area contributed by atoms with Crippen LogP contribution in [0.3, 0.4) is 0 Å². The zero-order valence-corrected chi connectivity index (χ0v) is 17.9. The van der Waals surface area contributed by atoms with E-state index in [0.29, 0.717) is 5.75 Å². The van der Waals surface area contributed by atoms with Crippen molar-refractivity contribution in [1.82, 2.24) is 16.0 Å². The Morgan fingerprint density at radius 1 is 0.806 bits per heavy atom. The SMILES string of the molecule is CSCCC(NC(=O)C(CCC(=O)O)NC(=O)C(C)N)C(=O)NC(CC(=O)O)C(=O)O. The van der Waals surface area contributed by atoms with Crippen LogP contribution in [0.4, 0.5) is 0 Å². The molecule has 4 atom stereocenters. The third kappa shape index (κ3) is 11.8. The molecule has 0 spiro atoms. The van der Waals surface area contributed by atoms with Gasteiger partial charge < -0.3 is 37.0 Å². The number of hydrogen-bond acceptors (Lipinski definition) is 8. The molecule has 31 heavy (non-hydrogen) atoms. The van der Waals surface area contributed by atoms with Crippen LogP contribution in [0.2, 0.25) is 0 Å². The van der Waals surface area contributed by atoms with E-state index in [1.54, 1.807) is 6.26 Å². The van der Waals surface area contributed by atoms with Gasteiger partial charge in [0.25, 0.3) is 0 Å². The van der Waals surface area contributed by atoms with Crippen LogP contribution in [0.15, 0.2) is 0 Å². The van der Waals surface area contributed by atoms with Gasteiger partial charge >= 0.3 is 17.9 Å². The smallest absolute Gasteiger partial charge is 0.326 e. The summed E-state index contributed by atoms with van der Waals surface area (Å²) in [7, 11) is 0. The minimum atomic E-state index is -1.71. The molecule has 0 fully saturated rings. The molecule has 0 rings (SSSR count). The average molecular weight is 464 g/mol. The van der Waals surface area contributed by atoms with Gasteiger partial charge in [0, 0.05) is 6.42 Å². The molecule has 4 unspecified atom stereocenters. The second-order valence-electron chi connectivity index (χ2n) is 6.62. The molecular weight excluding hydrogens is 436 g/mol. The van der Waals surface area contributed by atoms with Gasteiger partial charge in [-0.25, -0.2) is 4.79 Å². The predicted octanol–water partition coefficient (Wildman–Crippen LogP) is -2.03. The number of carbonyl (C=O) groups is 6. The van der Waals surface area contributed by atoms with Crippen LogP contribution in [0.25, 0.3) is 0 Å². The second kappa shape index (κ2) is 14.2. The number of thioether (sulfide) groups is 1. The predicted molar refractivity (Wildman–Crippen MR) is 109 cm³/mol. The van der Waals surface area contributed by atoms with E-state index in [2.05, 4.69) is 16.0 Å². The quantitative estimate of drug-likeness (QED) is 0.140. The lowest BCUT2D eigenvalue weighted by atomic mass is 10.1. The largest absolute Gasteiger partial charge is 0.481 e. The van der Waals surface area contributed by atoms with Crippen molar-refractivity contribution in [1.29, 1.82) is 0 Å². The second-order valence-corrected chi connectivity index (χ2v) is 7.61. The van der Waals surface area contributed by atoms with Crippen LogP contribution in [-0.2, 0) is 28.8 Å². The number of carbonyl (C=O) groups excluding carboxylic acids is 3. The Morgan fingerprint density at radius 2 is 1.29 bits per heavy atom. The van der Waals surface area contributed by atoms with E-state index >= 15 is 0 Å². The molecule has 0 bridgehead atoms. The Morgan fingerprint density at radius 3 is 1.71 bits per heavy atom. The van der Waals surface area contributed by atoms with Crippen LogP contribution in [0, 0.1) is 0 Å². The van der Waals surface area contributed by atoms with Gasteiger partial charge in [0.05, 0.1) is 12.5 Å². The van der Waals surface area contributed by atoms with Gasteiger partial charge in [-0.3, -0.25) is 24.0 Å². The van der Waals surface area contributed by atoms with Gasteiger partial charge in [-0.2, -0.15) is 11.8 Å². The van der Waals surface area contributed by atoms with Crippen molar-refractivity contribution in [3.05, 3.63) is 0 Å². The summed E-state index contributed by atoms with van der Waals surface area (Å²) in [6.45, 7) is 1.37. The number of carboxylic acid groups (broad SMARTS) is 3. The molecule has 0 aliphatic heterocycles. The highest BCUT2D eigenvalue weighted by atomic mass is 32.2. The molecule has 176 valence electrons. The number of nitrogens with one attached hydrogen (secondary N) is 3. The van der Waals surface area contributed by atoms with Gasteiger partial charge in [0.2, 0.25) is 17.7 Å². The van der Waals surface area contributed by atoms with Crippen LogP contribution in [0.1, 0.15) is 32.6 Å². The summed E-state index contributed by atoms with van der Waals surface area (Å²) in [6.07, 6.45) is 0.229. The highest BCUT2D eigenvalue weighted by molar-refractivity contribution is 7.98. The molecular formula is C17H28N4O9S. The molecule has 0 aromatic carbocycles. The molecule has 0 saturated carbocycles. The monoisotopic (exact) mass is 464 g/mol. The number of rotatable bonds is 15. The fourth-order valence-electron chi connectivity index (χ4n) is 2.26. The molecule has 13 nitrogen and oxygen atoms in total. The van der Waals surface area contributed by atoms with Crippen LogP contribution >= 0.6 is 11.8 Å². The maximum Gasteiger partial charge on any atom is 0.326 e. The number of carboxylic acids is 3. The minimum Gasteiger partial charge on any atom is -0.481 e. The topological polar surface area (TPSA) is 225 Å². The summed E-state index contributed by atoms with van der Waals surface area (Å²) in [4.78, 5) is 69.8. The highest BCUT2D eigenvalue weighted by Crippen LogP contribution is 2.06. The van der Waals surface area contributed by atoms with Crippen LogP contribution in [-0.4, -0.2) is 87.1 Å². The first-order chi connectivity index (χ1) is 14.4. The Labute approximate surface area is 182 Å². The van der Waals surface area contributed by atoms with E-state index < -0.39 is 72.6 Å². The first kappa shape index (κ1) is 28.1. The van der Waals surface area contributed by atoms with Crippen LogP contribution in [0.5, 0.6) is 0 Å². The van der Waals surface area contributed by atoms with Gasteiger partial charge in [0.15, 0.2) is 0 Å². The number of aliphatic carboxylic acids is 3. The van der Waals surface area contributed by atoms with Gasteiger partial charge in [-0.15, -0.1) is 0 Å². The standard InChI is InChI=1S/C17H28N4O9S/c1-8(18)14(26)19-9(3-4-12(22)23)15(27)20-10(5-6-31-2)16(28)21-11(17(29)30)7-13(24)25/h8-11H,3-7,18H2,1-2H3,(H,19,26)(H,20,27)(H,21,28)(H,22,23)(H,24,25)(H,29,30). The molecule has 3 amide bonds. The fraction of sp³-hybridized carbons (Fsp3) is 0.647. The molecule has 14 heteroatoms. The lowest BCUT2D eigenvalue weighted by molar-refractivity contribution is -0.147. The van der Waals surface area contributed by atoms with E-state index in [1.807, 2.05) is 0 Å². The zero-order valence-electron chi connectivity index (χ0n) is 17.1. The highest BCUT2D eigenvalue weighted by Gasteiger charge is 2.30. The van der Waals surface area contributed by atoms with Crippen molar-refractivity contribution in [3.8, 4) is 0 Å². The summed E-state index contributed by atoms with van der Waals surface area (Å²) in [5, 5.41) is 33.5. The summed E-state index contributed by atoms with van der Waals surface area (Å²) < 4.78 is 0. The van der Waals surface area contributed by atoms with Crippen molar-refractivity contribution < 1.29 is 44.1 Å². The Hall–Kier alpha value is -2.87. The summed E-state index contributed by atoms with van der Waals surface area (Å²) >= 11 is 1.34. The number of hydrogen-bond donors (Lipinski definition) is 7. The average Bonchev–Trinajstić information content (AvgIpc) is 2.66. The summed E-state index contributed by atoms with van der Waals surface area (Å²) in [5.41, 5.74) is 5.45. The van der Waals surface area contributed by atoms with E-state index in [1.165, 1.54) is 18.7 Å². The molecule has 0 aromatic rings. The Bertz CT molecular complexity index is 687. The van der Waals surface area contributed by atoms with Crippen molar-refractivity contribution in [2.24, 2.45) is 5.73 Å². The molecule has 0 heterocycles. The van der Waals surface area contributed by atoms with Crippen molar-refractivity contribution in [3.63, 3.8) is 0 Å². The lowest BCUT2D eigenvalue weighted by Crippen LogP contribution is -2.57. The van der Waals surface area contributed by atoms with Gasteiger partial charge in [0.1, 0.15) is 18.1 Å². The van der Waals surface area contributed by atoms with Crippen molar-refractivity contribution in [2.45, 2.75) is 56.8 Å². The normalized spacial score (nSPS) is 14.4. The third-order valence-corrected chi connectivity index (χ3v) is 4.57. The Balaban J connectivity index is 5.43. The molecule has 0 saturated heterocycles. The van der Waals surface area contributed by atoms with Crippen molar-refractivity contribution >= 4 is 47.4 Å². The van der Waals surface area contributed by atoms with Crippen molar-refractivity contribution in [2.75, 3.05) is 12.0 Å².